The molecule has 3 rings (SSSR count). The van der Waals surface area contributed by atoms with E-state index < -0.39 is 0 Å². The van der Waals surface area contributed by atoms with Crippen molar-refractivity contribution in [2.75, 3.05) is 18.0 Å². The normalized spacial score (nSPS) is 16.0. The fourth-order valence-corrected chi connectivity index (χ4v) is 3.70. The highest BCUT2D eigenvalue weighted by Gasteiger charge is 2.30. The molecule has 4 heteroatoms. The summed E-state index contributed by atoms with van der Waals surface area (Å²) >= 11 is 0. The lowest BCUT2D eigenvalue weighted by Crippen LogP contribution is -2.43. The maximum Gasteiger partial charge on any atom is 0.322 e. The Hall–Kier alpha value is -2.33. The molecule has 0 saturated heterocycles. The van der Waals surface area contributed by atoms with Gasteiger partial charge in [0.05, 0.1) is 0 Å². The fourth-order valence-electron chi connectivity index (χ4n) is 3.70. The second-order valence-electron chi connectivity index (χ2n) is 6.94. The van der Waals surface area contributed by atoms with E-state index >= 15 is 0 Å². The van der Waals surface area contributed by atoms with Crippen LogP contribution in [-0.4, -0.2) is 30.1 Å². The molecule has 138 valence electrons. The van der Waals surface area contributed by atoms with E-state index in [1.165, 1.54) is 16.7 Å². The molecular weight excluding hydrogens is 322 g/mol. The van der Waals surface area contributed by atoms with Gasteiger partial charge in [-0.25, -0.2) is 4.79 Å². The molecule has 1 aliphatic heterocycles. The molecule has 0 bridgehead atoms. The molecular formula is C22H29N3O. The van der Waals surface area contributed by atoms with Gasteiger partial charge in [-0.15, -0.1) is 0 Å². The molecule has 1 atom stereocenters. The Balaban J connectivity index is 1.69. The van der Waals surface area contributed by atoms with E-state index in [9.17, 15) is 4.79 Å². The molecule has 1 unspecified atom stereocenters. The van der Waals surface area contributed by atoms with Crippen molar-refractivity contribution < 1.29 is 4.79 Å². The van der Waals surface area contributed by atoms with Crippen LogP contribution in [0.2, 0.25) is 0 Å². The zero-order valence-electron chi connectivity index (χ0n) is 16.0. The number of hydrogen-bond donors (Lipinski definition) is 1. The molecule has 0 aliphatic carbocycles. The van der Waals surface area contributed by atoms with Crippen LogP contribution in [0.1, 0.15) is 37.5 Å². The molecule has 0 radical (unpaired) electrons. The Morgan fingerprint density at radius 1 is 1.08 bits per heavy atom. The maximum atomic E-state index is 12.8. The molecule has 0 fully saturated rings. The van der Waals surface area contributed by atoms with Crippen molar-refractivity contribution in [3.8, 4) is 0 Å². The van der Waals surface area contributed by atoms with E-state index in [1.54, 1.807) is 0 Å². The van der Waals surface area contributed by atoms with E-state index in [4.69, 9.17) is 0 Å². The Labute approximate surface area is 156 Å². The molecule has 0 spiro atoms. The lowest BCUT2D eigenvalue weighted by atomic mass is 10.1. The van der Waals surface area contributed by atoms with Gasteiger partial charge in [0, 0.05) is 24.8 Å². The quantitative estimate of drug-likeness (QED) is 0.847. The van der Waals surface area contributed by atoms with Gasteiger partial charge < -0.3 is 5.32 Å². The summed E-state index contributed by atoms with van der Waals surface area (Å²) < 4.78 is 0. The van der Waals surface area contributed by atoms with Crippen LogP contribution in [0.15, 0.2) is 48.5 Å². The molecule has 2 aromatic carbocycles. The van der Waals surface area contributed by atoms with Gasteiger partial charge in [0.2, 0.25) is 0 Å². The first-order valence-corrected chi connectivity index (χ1v) is 9.58. The van der Waals surface area contributed by atoms with E-state index in [0.29, 0.717) is 6.54 Å². The number of rotatable bonds is 6. The SMILES string of the molecule is CCN(CC)Cc1ccccc1CNC(=O)N1c2ccccc2CC1C. The highest BCUT2D eigenvalue weighted by molar-refractivity contribution is 5.94. The van der Waals surface area contributed by atoms with Crippen LogP contribution >= 0.6 is 0 Å². The number of carbonyl (C=O) groups is 1. The summed E-state index contributed by atoms with van der Waals surface area (Å²) in [5.41, 5.74) is 4.75. The predicted octanol–water partition coefficient (Wildman–Crippen LogP) is 4.19. The first kappa shape index (κ1) is 18.5. The monoisotopic (exact) mass is 351 g/mol. The summed E-state index contributed by atoms with van der Waals surface area (Å²) in [5, 5.41) is 3.13. The van der Waals surface area contributed by atoms with E-state index in [2.05, 4.69) is 55.3 Å². The van der Waals surface area contributed by atoms with E-state index in [0.717, 1.165) is 31.7 Å². The number of nitrogens with one attached hydrogen (secondary N) is 1. The van der Waals surface area contributed by atoms with Crippen LogP contribution in [-0.2, 0) is 19.5 Å². The van der Waals surface area contributed by atoms with Crippen molar-refractivity contribution in [3.05, 3.63) is 65.2 Å². The average molecular weight is 351 g/mol. The number of hydrogen-bond acceptors (Lipinski definition) is 2. The third-order valence-electron chi connectivity index (χ3n) is 5.26. The minimum atomic E-state index is -0.0138. The summed E-state index contributed by atoms with van der Waals surface area (Å²) in [6, 6.07) is 16.7. The van der Waals surface area contributed by atoms with Crippen molar-refractivity contribution in [1.82, 2.24) is 10.2 Å². The highest BCUT2D eigenvalue weighted by atomic mass is 16.2. The third-order valence-corrected chi connectivity index (χ3v) is 5.26. The number of carbonyl (C=O) groups excluding carboxylic acids is 1. The van der Waals surface area contributed by atoms with Crippen LogP contribution in [0.25, 0.3) is 0 Å². The highest BCUT2D eigenvalue weighted by Crippen LogP contribution is 2.31. The number of urea groups is 1. The van der Waals surface area contributed by atoms with Gasteiger partial charge in [-0.3, -0.25) is 9.80 Å². The minimum absolute atomic E-state index is 0.0138. The minimum Gasteiger partial charge on any atom is -0.334 e. The van der Waals surface area contributed by atoms with E-state index in [-0.39, 0.29) is 12.1 Å². The van der Waals surface area contributed by atoms with Crippen LogP contribution in [0, 0.1) is 0 Å². The van der Waals surface area contributed by atoms with Crippen molar-refractivity contribution in [2.45, 2.75) is 46.3 Å². The largest absolute Gasteiger partial charge is 0.334 e. The van der Waals surface area contributed by atoms with Gasteiger partial charge in [-0.1, -0.05) is 56.3 Å². The topological polar surface area (TPSA) is 35.6 Å². The predicted molar refractivity (Wildman–Crippen MR) is 107 cm³/mol. The molecule has 2 amide bonds. The first-order valence-electron chi connectivity index (χ1n) is 9.58. The summed E-state index contributed by atoms with van der Waals surface area (Å²) in [6.07, 6.45) is 0.919. The molecule has 0 aromatic heterocycles. The summed E-state index contributed by atoms with van der Waals surface area (Å²) in [6.45, 7) is 10.00. The lowest BCUT2D eigenvalue weighted by molar-refractivity contribution is 0.244. The van der Waals surface area contributed by atoms with Crippen molar-refractivity contribution in [1.29, 1.82) is 0 Å². The van der Waals surface area contributed by atoms with Gasteiger partial charge in [-0.2, -0.15) is 0 Å². The smallest absolute Gasteiger partial charge is 0.322 e. The Bertz CT molecular complexity index is 755. The van der Waals surface area contributed by atoms with Gasteiger partial charge in [0.15, 0.2) is 0 Å². The summed E-state index contributed by atoms with van der Waals surface area (Å²) in [4.78, 5) is 17.1. The summed E-state index contributed by atoms with van der Waals surface area (Å²) in [7, 11) is 0. The van der Waals surface area contributed by atoms with Crippen LogP contribution < -0.4 is 10.2 Å². The van der Waals surface area contributed by atoms with Gasteiger partial charge in [-0.05, 0) is 49.2 Å². The number of fused-ring (bicyclic) bond motifs is 1. The average Bonchev–Trinajstić information content (AvgIpc) is 3.00. The van der Waals surface area contributed by atoms with Gasteiger partial charge in [0.25, 0.3) is 0 Å². The van der Waals surface area contributed by atoms with Crippen molar-refractivity contribution >= 4 is 11.7 Å². The number of benzene rings is 2. The second kappa shape index (κ2) is 8.37. The zero-order chi connectivity index (χ0) is 18.5. The fraction of sp³-hybridized carbons (Fsp3) is 0.409. The molecule has 26 heavy (non-hydrogen) atoms. The van der Waals surface area contributed by atoms with Crippen molar-refractivity contribution in [3.63, 3.8) is 0 Å². The lowest BCUT2D eigenvalue weighted by Gasteiger charge is -2.24. The number of para-hydroxylation sites is 1. The van der Waals surface area contributed by atoms with Crippen LogP contribution in [0.4, 0.5) is 10.5 Å². The second-order valence-corrected chi connectivity index (χ2v) is 6.94. The molecule has 1 aliphatic rings. The van der Waals surface area contributed by atoms with Gasteiger partial charge in [0.1, 0.15) is 0 Å². The van der Waals surface area contributed by atoms with Crippen LogP contribution in [0.5, 0.6) is 0 Å². The standard InChI is InChI=1S/C22H29N3O/c1-4-24(5-2)16-20-12-7-6-11-19(20)15-23-22(26)25-17(3)14-18-10-8-9-13-21(18)25/h6-13,17H,4-5,14-16H2,1-3H3,(H,23,26). The Kier molecular flexibility index (Phi) is 5.94. The van der Waals surface area contributed by atoms with Crippen LogP contribution in [0.3, 0.4) is 0 Å². The van der Waals surface area contributed by atoms with E-state index in [1.807, 2.05) is 29.2 Å². The Morgan fingerprint density at radius 3 is 2.46 bits per heavy atom. The third kappa shape index (κ3) is 3.91. The zero-order valence-corrected chi connectivity index (χ0v) is 16.0. The number of amides is 2. The Morgan fingerprint density at radius 2 is 1.73 bits per heavy atom. The molecule has 1 N–H and O–H groups in total. The summed E-state index contributed by atoms with van der Waals surface area (Å²) in [5.74, 6) is 0. The molecule has 0 saturated carbocycles. The van der Waals surface area contributed by atoms with Gasteiger partial charge >= 0.3 is 6.03 Å². The van der Waals surface area contributed by atoms with Crippen molar-refractivity contribution in [2.24, 2.45) is 0 Å². The maximum absolute atomic E-state index is 12.8. The number of anilines is 1. The number of nitrogens with zero attached hydrogens (tertiary/aromatic N) is 2. The molecule has 1 heterocycles. The molecule has 2 aromatic rings. The molecule has 4 nitrogen and oxygen atoms in total. The first-order chi connectivity index (χ1) is 12.6.